The van der Waals surface area contributed by atoms with Crippen LogP contribution in [0, 0.1) is 0 Å². The Bertz CT molecular complexity index is 1530. The molecular weight excluding hydrogens is 650 g/mol. The Morgan fingerprint density at radius 2 is 1.71 bits per heavy atom. The molecule has 0 fully saturated rings. The molecule has 3 aromatic rings. The molecule has 1 aliphatic heterocycles. The standard InChI is InChI=1S/C26H31N5O5S2.H6P4/c1-25(2)26(3,30-24(31(4)38(25,33)34)29-22(32)17-10-8-7-9-11-17)23-28-21(16-37-23)27-15-18-12-13-19(35-5)14-20(18)36-6;1-4(2)3/h7-14,16,27H,15H2,1-6H3,(H,29,30,32);1-3H2. The van der Waals surface area contributed by atoms with Crippen molar-refractivity contribution in [3.05, 3.63) is 70.0 Å². The van der Waals surface area contributed by atoms with Crippen LogP contribution in [0.1, 0.15) is 41.7 Å². The molecule has 4 unspecified atom stereocenters. The van der Waals surface area contributed by atoms with Crippen LogP contribution in [0.15, 0.2) is 58.9 Å². The van der Waals surface area contributed by atoms with Gasteiger partial charge in [0.05, 0.1) is 14.2 Å². The van der Waals surface area contributed by atoms with Crippen LogP contribution in [0.3, 0.4) is 0 Å². The summed E-state index contributed by atoms with van der Waals surface area (Å²) < 4.78 is 37.6. The Kier molecular flexibility index (Phi) is 11.7. The lowest BCUT2D eigenvalue weighted by molar-refractivity contribution is 0.0973. The molecule has 16 heteroatoms. The number of benzene rings is 2. The molecule has 228 valence electrons. The van der Waals surface area contributed by atoms with Gasteiger partial charge >= 0.3 is 0 Å². The Morgan fingerprint density at radius 1 is 1.07 bits per heavy atom. The summed E-state index contributed by atoms with van der Waals surface area (Å²) in [7, 11) is 8.59. The fourth-order valence-electron chi connectivity index (χ4n) is 4.06. The van der Waals surface area contributed by atoms with E-state index in [1.54, 1.807) is 71.4 Å². The largest absolute Gasteiger partial charge is 0.497 e. The van der Waals surface area contributed by atoms with Gasteiger partial charge < -0.3 is 14.8 Å². The van der Waals surface area contributed by atoms with E-state index in [0.29, 0.717) is 34.4 Å². The lowest BCUT2D eigenvalue weighted by atomic mass is 9.88. The third-order valence-electron chi connectivity index (χ3n) is 6.94. The maximum Gasteiger partial charge on any atom is 0.257 e. The Hall–Kier alpha value is -1.92. The number of nitrogens with zero attached hydrogens (tertiary/aromatic N) is 3. The number of rotatable bonds is 7. The van der Waals surface area contributed by atoms with E-state index in [4.69, 9.17) is 19.5 Å². The zero-order chi connectivity index (χ0) is 31.3. The zero-order valence-corrected chi connectivity index (χ0v) is 30.3. The van der Waals surface area contributed by atoms with Gasteiger partial charge in [-0.1, -0.05) is 18.2 Å². The summed E-state index contributed by atoms with van der Waals surface area (Å²) in [5, 5.41) is 8.26. The number of sulfonamides is 1. The summed E-state index contributed by atoms with van der Waals surface area (Å²) in [6, 6.07) is 14.1. The summed E-state index contributed by atoms with van der Waals surface area (Å²) >= 11 is 1.30. The molecule has 1 amide bonds. The molecule has 1 aliphatic rings. The first-order valence-electron chi connectivity index (χ1n) is 12.6. The number of amides is 1. The van der Waals surface area contributed by atoms with Gasteiger partial charge in [-0.05, 0) is 52.0 Å². The first-order valence-corrected chi connectivity index (χ1v) is 21.1. The van der Waals surface area contributed by atoms with Crippen molar-refractivity contribution in [1.82, 2.24) is 14.6 Å². The highest BCUT2D eigenvalue weighted by Crippen LogP contribution is 2.59. The van der Waals surface area contributed by atoms with Crippen molar-refractivity contribution in [2.75, 3.05) is 26.6 Å². The number of nitrogens with one attached hydrogen (secondary N) is 2. The number of guanidine groups is 1. The number of aromatic nitrogens is 1. The summed E-state index contributed by atoms with van der Waals surface area (Å²) in [4.78, 5) is 22.3. The van der Waals surface area contributed by atoms with Crippen molar-refractivity contribution in [3.63, 3.8) is 0 Å². The molecule has 0 saturated heterocycles. The van der Waals surface area contributed by atoms with E-state index >= 15 is 0 Å². The summed E-state index contributed by atoms with van der Waals surface area (Å²) in [5.74, 6) is 1.41. The first-order chi connectivity index (χ1) is 19.7. The molecule has 0 spiro atoms. The van der Waals surface area contributed by atoms with Crippen LogP contribution < -0.4 is 20.1 Å². The highest BCUT2D eigenvalue weighted by Gasteiger charge is 2.59. The topological polar surface area (TPSA) is 122 Å². The SMILES string of the molecule is COc1ccc(CNc2csc(C3(C)N=C(NC(=O)c4ccccc4)N(C)S(=O)(=O)C3(C)C)n2)c(OC)c1.PP(P)P. The number of methoxy groups -OCH3 is 2. The molecule has 1 aromatic heterocycles. The summed E-state index contributed by atoms with van der Waals surface area (Å²) in [5.41, 5.74) is 0.0162. The van der Waals surface area contributed by atoms with E-state index in [1.807, 2.05) is 17.5 Å². The van der Waals surface area contributed by atoms with Crippen molar-refractivity contribution in [2.24, 2.45) is 4.99 Å². The molecule has 4 atom stereocenters. The fourth-order valence-corrected chi connectivity index (χ4v) is 6.81. The Labute approximate surface area is 259 Å². The molecule has 0 bridgehead atoms. The van der Waals surface area contributed by atoms with E-state index in [2.05, 4.69) is 37.4 Å². The van der Waals surface area contributed by atoms with Gasteiger partial charge in [-0.2, -0.15) is 0 Å². The van der Waals surface area contributed by atoms with E-state index < -0.39 is 26.2 Å². The molecule has 0 aliphatic carbocycles. The van der Waals surface area contributed by atoms with Crippen LogP contribution in [0.4, 0.5) is 5.82 Å². The van der Waals surface area contributed by atoms with Crippen LogP contribution in [0.25, 0.3) is 0 Å². The van der Waals surface area contributed by atoms with Crippen LogP contribution in [0.5, 0.6) is 11.5 Å². The number of hydrogen-bond donors (Lipinski definition) is 2. The van der Waals surface area contributed by atoms with Gasteiger partial charge in [0.25, 0.3) is 5.91 Å². The lowest BCUT2D eigenvalue weighted by Crippen LogP contribution is -2.63. The molecule has 0 saturated carbocycles. The monoisotopic (exact) mass is 687 g/mol. The van der Waals surface area contributed by atoms with Crippen LogP contribution in [0.2, 0.25) is 0 Å². The van der Waals surface area contributed by atoms with Gasteiger partial charge in [0.2, 0.25) is 16.0 Å². The number of ether oxygens (including phenoxy) is 2. The van der Waals surface area contributed by atoms with Crippen molar-refractivity contribution < 1.29 is 22.7 Å². The number of anilines is 1. The highest BCUT2D eigenvalue weighted by molar-refractivity contribution is 8.65. The highest BCUT2D eigenvalue weighted by atomic mass is 32.7. The first kappa shape index (κ1) is 34.6. The maximum atomic E-state index is 13.6. The van der Waals surface area contributed by atoms with E-state index in [1.165, 1.54) is 18.4 Å². The van der Waals surface area contributed by atoms with Gasteiger partial charge in [-0.15, -0.1) is 38.1 Å². The third kappa shape index (κ3) is 7.41. The van der Waals surface area contributed by atoms with Gasteiger partial charge in [0.1, 0.15) is 32.6 Å². The van der Waals surface area contributed by atoms with Crippen molar-refractivity contribution in [2.45, 2.75) is 37.6 Å². The summed E-state index contributed by atoms with van der Waals surface area (Å²) in [6.07, 6.45) is 0. The van der Waals surface area contributed by atoms with Crippen molar-refractivity contribution >= 4 is 72.8 Å². The second kappa shape index (κ2) is 14.2. The molecular formula is C26H37N5O5P4S2. The van der Waals surface area contributed by atoms with Gasteiger partial charge in [0, 0.05) is 36.2 Å². The number of aliphatic imine (C=N–C) groups is 1. The van der Waals surface area contributed by atoms with E-state index in [-0.39, 0.29) is 12.9 Å². The number of carbonyl (C=O) groups is 1. The molecule has 4 rings (SSSR count). The second-order valence-electron chi connectivity index (χ2n) is 9.83. The Morgan fingerprint density at radius 3 is 2.31 bits per heavy atom. The second-order valence-corrected chi connectivity index (χ2v) is 24.8. The quantitative estimate of drug-likeness (QED) is 0.307. The van der Waals surface area contributed by atoms with E-state index in [0.717, 1.165) is 9.87 Å². The van der Waals surface area contributed by atoms with Crippen molar-refractivity contribution in [1.29, 1.82) is 0 Å². The maximum absolute atomic E-state index is 13.6. The number of carbonyl (C=O) groups excluding carboxylic acids is 1. The minimum Gasteiger partial charge on any atom is -0.497 e. The zero-order valence-electron chi connectivity index (χ0n) is 24.3. The number of hydrogen-bond acceptors (Lipinski definition) is 9. The minimum absolute atomic E-state index is 0.0617. The number of thiazole rings is 1. The van der Waals surface area contributed by atoms with Crippen molar-refractivity contribution in [3.8, 4) is 11.5 Å². The molecule has 2 N–H and O–H groups in total. The predicted octanol–water partition coefficient (Wildman–Crippen LogP) is 5.67. The van der Waals surface area contributed by atoms with Crippen LogP contribution in [-0.2, 0) is 22.1 Å². The summed E-state index contributed by atoms with van der Waals surface area (Å²) in [6.45, 7) is 5.52. The molecule has 10 nitrogen and oxygen atoms in total. The molecule has 0 radical (unpaired) electrons. The Balaban J connectivity index is 0.00000114. The van der Waals surface area contributed by atoms with Gasteiger partial charge in [0.15, 0.2) is 0 Å². The average molecular weight is 688 g/mol. The fraction of sp³-hybridized carbons (Fsp3) is 0.346. The predicted molar refractivity (Wildman–Crippen MR) is 184 cm³/mol. The average Bonchev–Trinajstić information content (AvgIpc) is 3.44. The molecule has 42 heavy (non-hydrogen) atoms. The third-order valence-corrected chi connectivity index (χ3v) is 10.6. The van der Waals surface area contributed by atoms with E-state index in [9.17, 15) is 13.2 Å². The molecule has 2 aromatic carbocycles. The minimum atomic E-state index is -3.93. The molecule has 2 heterocycles. The van der Waals surface area contributed by atoms with Crippen LogP contribution >= 0.6 is 45.1 Å². The normalized spacial score (nSPS) is 18.8. The van der Waals surface area contributed by atoms with Crippen LogP contribution in [-0.4, -0.2) is 55.6 Å². The van der Waals surface area contributed by atoms with Gasteiger partial charge in [-0.25, -0.2) is 22.7 Å². The lowest BCUT2D eigenvalue weighted by Gasteiger charge is -2.46. The smallest absolute Gasteiger partial charge is 0.257 e. The van der Waals surface area contributed by atoms with Gasteiger partial charge in [-0.3, -0.25) is 10.1 Å².